The first-order chi connectivity index (χ1) is 16.6. The van der Waals surface area contributed by atoms with E-state index in [1.54, 1.807) is 0 Å². The minimum atomic E-state index is -0.378. The van der Waals surface area contributed by atoms with Gasteiger partial charge in [0.1, 0.15) is 5.60 Å². The highest BCUT2D eigenvalue weighted by Gasteiger charge is 2.21. The van der Waals surface area contributed by atoms with Gasteiger partial charge >= 0.3 is 11.9 Å². The number of rotatable bonds is 18. The first-order valence-electron chi connectivity index (χ1n) is 14.3. The molecule has 0 radical (unpaired) electrons. The molecule has 0 aliphatic rings. The largest absolute Gasteiger partial charge is 0.342 e. The Morgan fingerprint density at radius 3 is 1.44 bits per heavy atom. The molecule has 0 saturated heterocycles. The van der Waals surface area contributed by atoms with Crippen LogP contribution >= 0.6 is 0 Å². The van der Waals surface area contributed by atoms with Crippen LogP contribution in [0, 0.1) is 10.8 Å². The van der Waals surface area contributed by atoms with Crippen LogP contribution in [0.5, 0.6) is 0 Å². The van der Waals surface area contributed by atoms with Gasteiger partial charge in [-0.1, -0.05) is 93.9 Å². The van der Waals surface area contributed by atoms with E-state index in [0.29, 0.717) is 30.3 Å². The molecule has 6 nitrogen and oxygen atoms in total. The van der Waals surface area contributed by atoms with Crippen molar-refractivity contribution in [1.29, 1.82) is 0 Å². The van der Waals surface area contributed by atoms with Crippen molar-refractivity contribution in [3.63, 3.8) is 0 Å². The molecule has 0 aromatic rings. The van der Waals surface area contributed by atoms with Gasteiger partial charge in [0, 0.05) is 12.8 Å². The molecule has 0 rings (SSSR count). The van der Waals surface area contributed by atoms with Crippen LogP contribution in [0.25, 0.3) is 0 Å². The lowest BCUT2D eigenvalue weighted by atomic mass is 9.89. The highest BCUT2D eigenvalue weighted by Crippen LogP contribution is 2.23. The predicted octanol–water partition coefficient (Wildman–Crippen LogP) is 9.29. The number of unbranched alkanes of at least 4 members (excludes halogenated alkanes) is 5. The highest BCUT2D eigenvalue weighted by molar-refractivity contribution is 5.68. The lowest BCUT2D eigenvalue weighted by Gasteiger charge is -2.21. The zero-order chi connectivity index (χ0) is 28.1. The van der Waals surface area contributed by atoms with Crippen LogP contribution in [-0.2, 0) is 29.1 Å². The number of hydrogen-bond donors (Lipinski definition) is 0. The average Bonchev–Trinajstić information content (AvgIpc) is 2.74. The van der Waals surface area contributed by atoms with Gasteiger partial charge in [0.15, 0.2) is 0 Å². The molecular weight excluding hydrogens is 456 g/mol. The third-order valence-corrected chi connectivity index (χ3v) is 5.56. The third-order valence-electron chi connectivity index (χ3n) is 5.56. The van der Waals surface area contributed by atoms with Crippen LogP contribution in [-0.4, -0.2) is 24.1 Å². The van der Waals surface area contributed by atoms with Crippen molar-refractivity contribution in [1.82, 2.24) is 0 Å². The SMILES string of the molecule is CCCC(C)(C)OOC(=O)CCCCCC(C)(C)C.CCCCOOC(=O)CCCCCC(C)(C)C. The zero-order valence-electron chi connectivity index (χ0n) is 25.6. The summed E-state index contributed by atoms with van der Waals surface area (Å²) in [7, 11) is 0. The van der Waals surface area contributed by atoms with Gasteiger partial charge in [-0.2, -0.15) is 9.78 Å². The van der Waals surface area contributed by atoms with Crippen molar-refractivity contribution in [2.45, 2.75) is 165 Å². The van der Waals surface area contributed by atoms with Crippen molar-refractivity contribution >= 4 is 11.9 Å². The Hall–Kier alpha value is -1.14. The van der Waals surface area contributed by atoms with E-state index in [1.165, 1.54) is 25.7 Å². The van der Waals surface area contributed by atoms with E-state index in [0.717, 1.165) is 51.4 Å². The molecule has 0 bridgehead atoms. The van der Waals surface area contributed by atoms with E-state index < -0.39 is 0 Å². The second-order valence-corrected chi connectivity index (χ2v) is 12.9. The monoisotopic (exact) mass is 516 g/mol. The van der Waals surface area contributed by atoms with Crippen LogP contribution in [0.4, 0.5) is 0 Å². The van der Waals surface area contributed by atoms with E-state index in [9.17, 15) is 9.59 Å². The normalized spacial score (nSPS) is 12.1. The maximum atomic E-state index is 11.5. The fraction of sp³-hybridized carbons (Fsp3) is 0.933. The van der Waals surface area contributed by atoms with Crippen LogP contribution < -0.4 is 0 Å². The second-order valence-electron chi connectivity index (χ2n) is 12.9. The molecule has 0 N–H and O–H groups in total. The summed E-state index contributed by atoms with van der Waals surface area (Å²) in [5, 5.41) is 0. The van der Waals surface area contributed by atoms with Gasteiger partial charge in [0.05, 0.1) is 6.61 Å². The second kappa shape index (κ2) is 20.9. The fourth-order valence-corrected chi connectivity index (χ4v) is 3.40. The molecule has 0 heterocycles. The number of carbonyl (C=O) groups excluding carboxylic acids is 2. The molecule has 216 valence electrons. The standard InChI is InChI=1S/C16H32O3.C14H28O3/c1-7-12-16(5,6)19-18-14(17)11-9-8-10-13-15(2,3)4;1-5-6-12-16-17-13(15)10-8-7-9-11-14(2,3)4/h7-13H2,1-6H3;5-12H2,1-4H3. The third kappa shape index (κ3) is 30.9. The molecule has 0 saturated carbocycles. The maximum Gasteiger partial charge on any atom is 0.342 e. The first kappa shape index (κ1) is 37.0. The maximum absolute atomic E-state index is 11.5. The van der Waals surface area contributed by atoms with Crippen LogP contribution in [0.1, 0.15) is 159 Å². The zero-order valence-corrected chi connectivity index (χ0v) is 25.6. The summed E-state index contributed by atoms with van der Waals surface area (Å²) >= 11 is 0. The summed E-state index contributed by atoms with van der Waals surface area (Å²) in [5.74, 6) is -0.489. The van der Waals surface area contributed by atoms with Crippen molar-refractivity contribution in [3.8, 4) is 0 Å². The molecule has 0 atom stereocenters. The summed E-state index contributed by atoms with van der Waals surface area (Å²) in [6.45, 7) is 22.0. The molecule has 0 aromatic heterocycles. The van der Waals surface area contributed by atoms with Crippen molar-refractivity contribution < 1.29 is 29.1 Å². The topological polar surface area (TPSA) is 71.1 Å². The Kier molecular flexibility index (Phi) is 21.5. The van der Waals surface area contributed by atoms with Gasteiger partial charge in [-0.3, -0.25) is 9.78 Å². The predicted molar refractivity (Wildman–Crippen MR) is 148 cm³/mol. The molecule has 0 aliphatic heterocycles. The summed E-state index contributed by atoms with van der Waals surface area (Å²) in [5.41, 5.74) is 0.397. The van der Waals surface area contributed by atoms with Crippen LogP contribution in [0.15, 0.2) is 0 Å². The Labute approximate surface area is 223 Å². The van der Waals surface area contributed by atoms with Gasteiger partial charge in [0.2, 0.25) is 0 Å². The highest BCUT2D eigenvalue weighted by atomic mass is 17.2. The smallest absolute Gasteiger partial charge is 0.298 e. The van der Waals surface area contributed by atoms with E-state index >= 15 is 0 Å². The van der Waals surface area contributed by atoms with E-state index in [1.807, 2.05) is 13.8 Å². The van der Waals surface area contributed by atoms with Gasteiger partial charge in [-0.25, -0.2) is 9.59 Å². The van der Waals surface area contributed by atoms with E-state index in [-0.39, 0.29) is 17.5 Å². The summed E-state index contributed by atoms with van der Waals surface area (Å²) < 4.78 is 0. The lowest BCUT2D eigenvalue weighted by Crippen LogP contribution is -2.25. The summed E-state index contributed by atoms with van der Waals surface area (Å²) in [6.07, 6.45) is 13.5. The average molecular weight is 517 g/mol. The van der Waals surface area contributed by atoms with Crippen LogP contribution in [0.3, 0.4) is 0 Å². The summed E-state index contributed by atoms with van der Waals surface area (Å²) in [4.78, 5) is 42.2. The number of carbonyl (C=O) groups is 2. The molecule has 36 heavy (non-hydrogen) atoms. The Balaban J connectivity index is 0. The van der Waals surface area contributed by atoms with Crippen molar-refractivity contribution in [3.05, 3.63) is 0 Å². The fourth-order valence-electron chi connectivity index (χ4n) is 3.40. The molecule has 0 unspecified atom stereocenters. The van der Waals surface area contributed by atoms with Gasteiger partial charge in [0.25, 0.3) is 0 Å². The van der Waals surface area contributed by atoms with Crippen molar-refractivity contribution in [2.24, 2.45) is 10.8 Å². The van der Waals surface area contributed by atoms with E-state index in [2.05, 4.69) is 60.3 Å². The first-order valence-corrected chi connectivity index (χ1v) is 14.3. The van der Waals surface area contributed by atoms with Gasteiger partial charge in [-0.15, -0.1) is 0 Å². The van der Waals surface area contributed by atoms with Crippen LogP contribution in [0.2, 0.25) is 0 Å². The molecule has 0 amide bonds. The minimum Gasteiger partial charge on any atom is -0.298 e. The molecule has 0 spiro atoms. The Morgan fingerprint density at radius 2 is 1.03 bits per heavy atom. The minimum absolute atomic E-state index is 0.239. The van der Waals surface area contributed by atoms with Crippen molar-refractivity contribution in [2.75, 3.05) is 6.61 Å². The molecule has 0 fully saturated rings. The summed E-state index contributed by atoms with van der Waals surface area (Å²) in [6, 6.07) is 0. The Bertz CT molecular complexity index is 543. The van der Waals surface area contributed by atoms with E-state index in [4.69, 9.17) is 14.7 Å². The molecular formula is C30H60O6. The molecule has 6 heteroatoms. The Morgan fingerprint density at radius 1 is 0.556 bits per heavy atom. The number of hydrogen-bond acceptors (Lipinski definition) is 6. The quantitative estimate of drug-likeness (QED) is 0.103. The van der Waals surface area contributed by atoms with Gasteiger partial charge in [-0.05, 0) is 63.2 Å². The van der Waals surface area contributed by atoms with Gasteiger partial charge < -0.3 is 0 Å². The molecule has 0 aromatic carbocycles. The lowest BCUT2D eigenvalue weighted by molar-refractivity contribution is -0.326. The molecule has 0 aliphatic carbocycles.